The lowest BCUT2D eigenvalue weighted by molar-refractivity contribution is 0.299. The second-order valence-electron chi connectivity index (χ2n) is 12.5. The molecule has 0 spiro atoms. The van der Waals surface area contributed by atoms with E-state index < -0.39 is 15.8 Å². The van der Waals surface area contributed by atoms with Crippen LogP contribution in [0.5, 0.6) is 0 Å². The molecule has 1 aliphatic rings. The molecule has 44 heavy (non-hydrogen) atoms. The van der Waals surface area contributed by atoms with Crippen LogP contribution in [0.15, 0.2) is 146 Å². The second kappa shape index (κ2) is 14.8. The maximum Gasteiger partial charge on any atom is -0.00189 e. The molecule has 3 heteroatoms. The van der Waals surface area contributed by atoms with Gasteiger partial charge in [0, 0.05) is 0 Å². The van der Waals surface area contributed by atoms with Crippen molar-refractivity contribution < 1.29 is 0 Å². The van der Waals surface area contributed by atoms with Crippen molar-refractivity contribution in [2.75, 3.05) is 20.6 Å². The Balaban J connectivity index is 1.50. The van der Waals surface area contributed by atoms with E-state index in [9.17, 15) is 0 Å². The zero-order valence-corrected chi connectivity index (χ0v) is 28.1. The highest BCUT2D eigenvalue weighted by molar-refractivity contribution is 7.80. The molecule has 0 radical (unpaired) electrons. The average Bonchev–Trinajstić information content (AvgIpc) is 3.44. The predicted octanol–water partition coefficient (Wildman–Crippen LogP) is 8.03. The van der Waals surface area contributed by atoms with Crippen LogP contribution in [0.4, 0.5) is 0 Å². The minimum Gasteiger partial charge on any atom is -0.309 e. The van der Waals surface area contributed by atoms with Gasteiger partial charge in [-0.1, -0.05) is 153 Å². The molecule has 224 valence electrons. The first-order valence-corrected chi connectivity index (χ1v) is 18.9. The van der Waals surface area contributed by atoms with Crippen molar-refractivity contribution in [2.45, 2.75) is 37.8 Å². The lowest BCUT2D eigenvalue weighted by atomic mass is 9.78. The van der Waals surface area contributed by atoms with E-state index in [0.29, 0.717) is 23.4 Å². The number of rotatable bonds is 11. The summed E-state index contributed by atoms with van der Waals surface area (Å²) >= 11 is 0. The minimum absolute atomic E-state index is 0.488. The third-order valence-corrected chi connectivity index (χ3v) is 14.9. The molecule has 0 bridgehead atoms. The van der Waals surface area contributed by atoms with Crippen LogP contribution in [0.3, 0.4) is 0 Å². The van der Waals surface area contributed by atoms with Crippen molar-refractivity contribution >= 4 is 42.4 Å². The molecule has 1 nitrogen and oxygen atoms in total. The van der Waals surface area contributed by atoms with E-state index in [1.807, 2.05) is 0 Å². The van der Waals surface area contributed by atoms with Crippen LogP contribution in [0.25, 0.3) is 0 Å². The molecule has 1 aliphatic carbocycles. The van der Waals surface area contributed by atoms with Gasteiger partial charge in [-0.25, -0.2) is 0 Å². The molecule has 5 aromatic carbocycles. The summed E-state index contributed by atoms with van der Waals surface area (Å²) in [6, 6.07) is 54.9. The SMILES string of the molecule is C[C@H]1CCC(P(c2ccccc2)c2ccccc2)C1[C@H](CCN(C)C)c1ccccc1P(c1ccccc1)c1ccccc1. The normalized spacial score (nSPS) is 19.1. The quantitative estimate of drug-likeness (QED) is 0.136. The van der Waals surface area contributed by atoms with Crippen molar-refractivity contribution in [2.24, 2.45) is 11.8 Å². The molecule has 0 aromatic heterocycles. The van der Waals surface area contributed by atoms with E-state index in [2.05, 4.69) is 172 Å². The highest BCUT2D eigenvalue weighted by atomic mass is 31.1. The summed E-state index contributed by atoms with van der Waals surface area (Å²) in [6.07, 6.45) is 3.78. The summed E-state index contributed by atoms with van der Waals surface area (Å²) in [7, 11) is 3.31. The van der Waals surface area contributed by atoms with Gasteiger partial charge in [0.1, 0.15) is 0 Å². The Morgan fingerprint density at radius 3 is 1.55 bits per heavy atom. The Hall–Kier alpha value is -3.08. The molecule has 0 saturated heterocycles. The highest BCUT2D eigenvalue weighted by Gasteiger charge is 2.44. The summed E-state index contributed by atoms with van der Waals surface area (Å²) < 4.78 is 0. The van der Waals surface area contributed by atoms with Gasteiger partial charge in [-0.3, -0.25) is 0 Å². The van der Waals surface area contributed by atoms with E-state index >= 15 is 0 Å². The molecule has 1 saturated carbocycles. The highest BCUT2D eigenvalue weighted by Crippen LogP contribution is 2.57. The second-order valence-corrected chi connectivity index (χ2v) is 17.1. The molecule has 1 fully saturated rings. The van der Waals surface area contributed by atoms with Crippen LogP contribution in [-0.4, -0.2) is 31.2 Å². The van der Waals surface area contributed by atoms with Crippen LogP contribution < -0.4 is 26.5 Å². The molecule has 0 aliphatic heterocycles. The van der Waals surface area contributed by atoms with Crippen LogP contribution in [0, 0.1) is 11.8 Å². The van der Waals surface area contributed by atoms with Gasteiger partial charge in [-0.2, -0.15) is 0 Å². The fourth-order valence-corrected chi connectivity index (χ4v) is 13.2. The lowest BCUT2D eigenvalue weighted by Gasteiger charge is -2.39. The first-order chi connectivity index (χ1) is 21.6. The van der Waals surface area contributed by atoms with E-state index in [0.717, 1.165) is 6.54 Å². The summed E-state index contributed by atoms with van der Waals surface area (Å²) in [5.74, 6) is 1.79. The zero-order chi connectivity index (χ0) is 30.3. The Bertz CT molecular complexity index is 1490. The van der Waals surface area contributed by atoms with E-state index in [-0.39, 0.29) is 0 Å². The van der Waals surface area contributed by atoms with Gasteiger partial charge < -0.3 is 4.90 Å². The molecule has 0 amide bonds. The van der Waals surface area contributed by atoms with Gasteiger partial charge in [-0.15, -0.1) is 0 Å². The first kappa shape index (κ1) is 30.9. The Labute approximate surface area is 267 Å². The lowest BCUT2D eigenvalue weighted by Crippen LogP contribution is -2.34. The summed E-state index contributed by atoms with van der Waals surface area (Å²) in [5, 5.41) is 7.44. The van der Waals surface area contributed by atoms with Crippen LogP contribution in [-0.2, 0) is 0 Å². The zero-order valence-electron chi connectivity index (χ0n) is 26.3. The monoisotopic (exact) mass is 613 g/mol. The number of hydrogen-bond donors (Lipinski definition) is 0. The largest absolute Gasteiger partial charge is 0.309 e. The first-order valence-electron chi connectivity index (χ1n) is 16.1. The number of hydrogen-bond acceptors (Lipinski definition) is 1. The fraction of sp³-hybridized carbons (Fsp3) is 0.268. The van der Waals surface area contributed by atoms with Gasteiger partial charge in [0.2, 0.25) is 0 Å². The van der Waals surface area contributed by atoms with E-state index in [1.54, 1.807) is 5.56 Å². The molecule has 4 atom stereocenters. The standard InChI is InChI=1S/C41H45NP2/c1-32-28-29-40(44(35-22-12-6-13-23-35)36-24-14-7-15-25-36)41(32)38(30-31-42(2)3)37-26-16-17-27-39(37)43(33-18-8-4-9-19-33)34-20-10-5-11-21-34/h4-27,32,38,40-41H,28-31H2,1-3H3/t32-,38+,40?,41?/m0/s1. The van der Waals surface area contributed by atoms with Gasteiger partial charge in [0.15, 0.2) is 0 Å². The summed E-state index contributed by atoms with van der Waals surface area (Å²) in [4.78, 5) is 2.39. The van der Waals surface area contributed by atoms with E-state index in [1.165, 1.54) is 45.8 Å². The third-order valence-electron chi connectivity index (χ3n) is 9.38. The molecular formula is C41H45NP2. The predicted molar refractivity (Wildman–Crippen MR) is 196 cm³/mol. The maximum absolute atomic E-state index is 2.55. The average molecular weight is 614 g/mol. The van der Waals surface area contributed by atoms with Crippen molar-refractivity contribution in [3.63, 3.8) is 0 Å². The minimum atomic E-state index is -0.679. The molecule has 6 rings (SSSR count). The van der Waals surface area contributed by atoms with Gasteiger partial charge in [0.25, 0.3) is 0 Å². The maximum atomic E-state index is 2.55. The molecular weight excluding hydrogens is 568 g/mol. The van der Waals surface area contributed by atoms with E-state index in [4.69, 9.17) is 0 Å². The number of nitrogens with zero attached hydrogens (tertiary/aromatic N) is 1. The summed E-state index contributed by atoms with van der Waals surface area (Å²) in [5.41, 5.74) is 2.22. The smallest absolute Gasteiger partial charge is 0.00189 e. The molecule has 5 aromatic rings. The van der Waals surface area contributed by atoms with Crippen molar-refractivity contribution in [1.82, 2.24) is 4.90 Å². The Kier molecular flexibility index (Phi) is 10.4. The van der Waals surface area contributed by atoms with Crippen LogP contribution in [0.1, 0.15) is 37.7 Å². The molecule has 0 heterocycles. The Morgan fingerprint density at radius 2 is 1.05 bits per heavy atom. The summed E-state index contributed by atoms with van der Waals surface area (Å²) in [6.45, 7) is 3.65. The third kappa shape index (κ3) is 6.92. The van der Waals surface area contributed by atoms with Crippen molar-refractivity contribution in [1.29, 1.82) is 0 Å². The number of benzene rings is 5. The van der Waals surface area contributed by atoms with Crippen molar-refractivity contribution in [3.8, 4) is 0 Å². The molecule has 2 unspecified atom stereocenters. The topological polar surface area (TPSA) is 3.24 Å². The Morgan fingerprint density at radius 1 is 0.591 bits per heavy atom. The van der Waals surface area contributed by atoms with Gasteiger partial charge in [0.05, 0.1) is 0 Å². The van der Waals surface area contributed by atoms with Gasteiger partial charge >= 0.3 is 0 Å². The molecule has 0 N–H and O–H groups in total. The van der Waals surface area contributed by atoms with Gasteiger partial charge in [-0.05, 0) is 111 Å². The van der Waals surface area contributed by atoms with Crippen LogP contribution in [0.2, 0.25) is 0 Å². The fourth-order valence-electron chi connectivity index (χ4n) is 7.41. The van der Waals surface area contributed by atoms with Crippen molar-refractivity contribution in [3.05, 3.63) is 151 Å². The van der Waals surface area contributed by atoms with Crippen LogP contribution >= 0.6 is 15.8 Å².